The molecular weight excluding hydrogens is 176 g/mol. The Hall–Kier alpha value is -0.800. The largest absolute Gasteiger partial charge is 0.468 e. The molecule has 2 heterocycles. The first-order valence-corrected chi connectivity index (χ1v) is 5.34. The molecule has 1 fully saturated rings. The van der Waals surface area contributed by atoms with E-state index >= 15 is 0 Å². The molecule has 2 rings (SSSR count). The third-order valence-corrected chi connectivity index (χ3v) is 2.85. The van der Waals surface area contributed by atoms with Crippen LogP contribution in [0.1, 0.15) is 25.1 Å². The molecule has 1 aromatic heterocycles. The van der Waals surface area contributed by atoms with Gasteiger partial charge in [-0.15, -0.1) is 0 Å². The zero-order chi connectivity index (χ0) is 9.80. The first kappa shape index (κ1) is 9.74. The monoisotopic (exact) mass is 194 g/mol. The zero-order valence-electron chi connectivity index (χ0n) is 8.62. The maximum Gasteiger partial charge on any atom is 0.120 e. The zero-order valence-corrected chi connectivity index (χ0v) is 8.62. The van der Waals surface area contributed by atoms with Crippen LogP contribution in [0.5, 0.6) is 0 Å². The van der Waals surface area contributed by atoms with E-state index in [4.69, 9.17) is 4.42 Å². The molecule has 0 aliphatic carbocycles. The fourth-order valence-electron chi connectivity index (χ4n) is 1.87. The van der Waals surface area contributed by atoms with Crippen molar-refractivity contribution in [3.8, 4) is 0 Å². The molecule has 1 aromatic rings. The predicted molar refractivity (Wildman–Crippen MR) is 56.1 cm³/mol. The molecule has 0 saturated carbocycles. The average molecular weight is 194 g/mol. The molecule has 0 amide bonds. The Kier molecular flexibility index (Phi) is 3.22. The minimum Gasteiger partial charge on any atom is -0.468 e. The molecule has 1 saturated heterocycles. The summed E-state index contributed by atoms with van der Waals surface area (Å²) >= 11 is 0. The van der Waals surface area contributed by atoms with Crippen molar-refractivity contribution in [2.75, 3.05) is 19.6 Å². The Balaban J connectivity index is 1.74. The van der Waals surface area contributed by atoms with Gasteiger partial charge >= 0.3 is 0 Å². The summed E-state index contributed by atoms with van der Waals surface area (Å²) in [5.41, 5.74) is 0. The third-order valence-electron chi connectivity index (χ3n) is 2.85. The molecule has 0 aromatic carbocycles. The summed E-state index contributed by atoms with van der Waals surface area (Å²) in [6.45, 7) is 5.54. The Bertz CT molecular complexity index is 252. The molecule has 0 unspecified atom stereocenters. The first-order chi connectivity index (χ1) is 6.86. The van der Waals surface area contributed by atoms with Gasteiger partial charge in [-0.3, -0.25) is 0 Å². The summed E-state index contributed by atoms with van der Waals surface area (Å²) in [4.78, 5) is 0. The maximum absolute atomic E-state index is 5.33. The number of furan rings is 1. The normalized spacial score (nSPS) is 23.9. The second-order valence-electron chi connectivity index (χ2n) is 4.00. The molecule has 1 aliphatic heterocycles. The number of hydrogen-bond acceptors (Lipinski definition) is 3. The number of rotatable bonds is 4. The average Bonchev–Trinajstić information content (AvgIpc) is 2.87. The van der Waals surface area contributed by atoms with Crippen molar-refractivity contribution in [2.24, 2.45) is 5.92 Å². The Labute approximate surface area is 84.9 Å². The lowest BCUT2D eigenvalue weighted by Crippen LogP contribution is -2.26. The van der Waals surface area contributed by atoms with Crippen LogP contribution in [0.15, 0.2) is 22.8 Å². The molecule has 0 spiro atoms. The van der Waals surface area contributed by atoms with Crippen LogP contribution in [0.2, 0.25) is 0 Å². The molecule has 3 heteroatoms. The summed E-state index contributed by atoms with van der Waals surface area (Å²) in [6, 6.07) is 4.28. The van der Waals surface area contributed by atoms with E-state index in [0.29, 0.717) is 6.04 Å². The van der Waals surface area contributed by atoms with Gasteiger partial charge in [-0.1, -0.05) is 0 Å². The van der Waals surface area contributed by atoms with E-state index in [1.165, 1.54) is 13.0 Å². The molecule has 0 bridgehead atoms. The van der Waals surface area contributed by atoms with Crippen molar-refractivity contribution in [1.82, 2.24) is 10.6 Å². The maximum atomic E-state index is 5.33. The summed E-state index contributed by atoms with van der Waals surface area (Å²) in [5.74, 6) is 1.81. The van der Waals surface area contributed by atoms with Gasteiger partial charge in [0.1, 0.15) is 5.76 Å². The highest BCUT2D eigenvalue weighted by atomic mass is 16.3. The summed E-state index contributed by atoms with van der Waals surface area (Å²) < 4.78 is 5.33. The topological polar surface area (TPSA) is 37.2 Å². The van der Waals surface area contributed by atoms with Gasteiger partial charge in [0.15, 0.2) is 0 Å². The van der Waals surface area contributed by atoms with Gasteiger partial charge in [0, 0.05) is 0 Å². The van der Waals surface area contributed by atoms with Crippen molar-refractivity contribution in [1.29, 1.82) is 0 Å². The van der Waals surface area contributed by atoms with Crippen molar-refractivity contribution in [3.63, 3.8) is 0 Å². The van der Waals surface area contributed by atoms with Gasteiger partial charge in [-0.25, -0.2) is 0 Å². The lowest BCUT2D eigenvalue weighted by molar-refractivity contribution is 0.403. The lowest BCUT2D eigenvalue weighted by atomic mass is 10.1. The van der Waals surface area contributed by atoms with Crippen LogP contribution in [0, 0.1) is 5.92 Å². The SMILES string of the molecule is C[C@H](NC[C@@H]1CCNC1)c1ccco1. The van der Waals surface area contributed by atoms with Crippen molar-refractivity contribution in [3.05, 3.63) is 24.2 Å². The quantitative estimate of drug-likeness (QED) is 0.763. The molecule has 0 radical (unpaired) electrons. The van der Waals surface area contributed by atoms with E-state index in [-0.39, 0.29) is 0 Å². The molecular formula is C11H18N2O. The van der Waals surface area contributed by atoms with Gasteiger partial charge in [0.05, 0.1) is 12.3 Å². The molecule has 2 atom stereocenters. The third kappa shape index (κ3) is 2.36. The van der Waals surface area contributed by atoms with Crippen LogP contribution >= 0.6 is 0 Å². The van der Waals surface area contributed by atoms with Crippen molar-refractivity contribution in [2.45, 2.75) is 19.4 Å². The lowest BCUT2D eigenvalue weighted by Gasteiger charge is -2.14. The highest BCUT2D eigenvalue weighted by Gasteiger charge is 2.15. The smallest absolute Gasteiger partial charge is 0.120 e. The molecule has 3 nitrogen and oxygen atoms in total. The Morgan fingerprint density at radius 2 is 2.64 bits per heavy atom. The van der Waals surface area contributed by atoms with E-state index in [0.717, 1.165) is 24.8 Å². The standard InChI is InChI=1S/C11H18N2O/c1-9(11-3-2-6-14-11)13-8-10-4-5-12-7-10/h2-3,6,9-10,12-13H,4-5,7-8H2,1H3/t9-,10+/m0/s1. The predicted octanol–water partition coefficient (Wildman–Crippen LogP) is 1.54. The minimum atomic E-state index is 0.325. The number of hydrogen-bond donors (Lipinski definition) is 2. The summed E-state index contributed by atoms with van der Waals surface area (Å²) in [5, 5.41) is 6.86. The molecule has 78 valence electrons. The van der Waals surface area contributed by atoms with E-state index in [1.54, 1.807) is 6.26 Å². The van der Waals surface area contributed by atoms with Gasteiger partial charge in [0.25, 0.3) is 0 Å². The van der Waals surface area contributed by atoms with E-state index < -0.39 is 0 Å². The van der Waals surface area contributed by atoms with E-state index in [9.17, 15) is 0 Å². The minimum absolute atomic E-state index is 0.325. The molecule has 2 N–H and O–H groups in total. The first-order valence-electron chi connectivity index (χ1n) is 5.34. The van der Waals surface area contributed by atoms with Crippen molar-refractivity contribution >= 4 is 0 Å². The van der Waals surface area contributed by atoms with Gasteiger partial charge in [-0.05, 0) is 51.0 Å². The molecule has 1 aliphatic rings. The summed E-state index contributed by atoms with van der Waals surface area (Å²) in [7, 11) is 0. The van der Waals surface area contributed by atoms with Gasteiger partial charge in [-0.2, -0.15) is 0 Å². The fourth-order valence-corrected chi connectivity index (χ4v) is 1.87. The number of nitrogens with one attached hydrogen (secondary N) is 2. The highest BCUT2D eigenvalue weighted by Crippen LogP contribution is 2.13. The van der Waals surface area contributed by atoms with Crippen LogP contribution in [-0.2, 0) is 0 Å². The van der Waals surface area contributed by atoms with Crippen LogP contribution in [0.4, 0.5) is 0 Å². The van der Waals surface area contributed by atoms with Crippen LogP contribution in [0.25, 0.3) is 0 Å². The van der Waals surface area contributed by atoms with Gasteiger partial charge in [0.2, 0.25) is 0 Å². The van der Waals surface area contributed by atoms with E-state index in [2.05, 4.69) is 17.6 Å². The van der Waals surface area contributed by atoms with Crippen molar-refractivity contribution < 1.29 is 4.42 Å². The van der Waals surface area contributed by atoms with Crippen LogP contribution < -0.4 is 10.6 Å². The Morgan fingerprint density at radius 1 is 1.71 bits per heavy atom. The van der Waals surface area contributed by atoms with E-state index in [1.807, 2.05) is 12.1 Å². The Morgan fingerprint density at radius 3 is 3.29 bits per heavy atom. The van der Waals surface area contributed by atoms with Crippen LogP contribution in [-0.4, -0.2) is 19.6 Å². The second-order valence-corrected chi connectivity index (χ2v) is 4.00. The van der Waals surface area contributed by atoms with Gasteiger partial charge < -0.3 is 15.1 Å². The molecule has 14 heavy (non-hydrogen) atoms. The fraction of sp³-hybridized carbons (Fsp3) is 0.636. The highest BCUT2D eigenvalue weighted by molar-refractivity contribution is 5.02. The van der Waals surface area contributed by atoms with Crippen LogP contribution in [0.3, 0.4) is 0 Å². The summed E-state index contributed by atoms with van der Waals surface area (Å²) in [6.07, 6.45) is 3.02. The second kappa shape index (κ2) is 4.62.